The summed E-state index contributed by atoms with van der Waals surface area (Å²) in [5, 5.41) is 4.82. The van der Waals surface area contributed by atoms with E-state index in [9.17, 15) is 9.59 Å². The molecule has 0 bridgehead atoms. The number of hydrogen-bond donors (Lipinski definition) is 1. The van der Waals surface area contributed by atoms with Crippen molar-refractivity contribution >= 4 is 63.3 Å². The molecule has 2 heterocycles. The van der Waals surface area contributed by atoms with Crippen molar-refractivity contribution in [3.05, 3.63) is 69.4 Å². The Bertz CT molecular complexity index is 1430. The van der Waals surface area contributed by atoms with E-state index in [0.717, 1.165) is 5.56 Å². The Kier molecular flexibility index (Phi) is 6.47. The number of nitrogens with zero attached hydrogens (tertiary/aromatic N) is 1. The Morgan fingerprint density at radius 2 is 1.59 bits per heavy atom. The topological polar surface area (TPSA) is 72.2 Å². The number of fused-ring (bicyclic) bond motifs is 1. The summed E-state index contributed by atoms with van der Waals surface area (Å²) in [5.41, 5.74) is 2.40. The van der Waals surface area contributed by atoms with Crippen LogP contribution < -0.4 is 5.32 Å². The molecule has 0 spiro atoms. The standard InChI is InChI=1S/C26H21Cl3N2O3/c1-13(32)30-23-18-12-20(24(33)26(2,3)4)34-25(18)31-22(17-10-9-16(28)11-19(17)29)21(23)14-5-7-15(27)8-6-14/h5-12H,1-4H3,(H,30,31,32). The second-order valence-corrected chi connectivity index (χ2v) is 10.2. The Labute approximate surface area is 212 Å². The largest absolute Gasteiger partial charge is 0.434 e. The first-order valence-corrected chi connectivity index (χ1v) is 11.6. The predicted molar refractivity (Wildman–Crippen MR) is 138 cm³/mol. The summed E-state index contributed by atoms with van der Waals surface area (Å²) >= 11 is 18.8. The first-order chi connectivity index (χ1) is 16.0. The van der Waals surface area contributed by atoms with Crippen molar-refractivity contribution < 1.29 is 14.0 Å². The highest BCUT2D eigenvalue weighted by Crippen LogP contribution is 2.44. The van der Waals surface area contributed by atoms with Gasteiger partial charge in [0, 0.05) is 33.5 Å². The highest BCUT2D eigenvalue weighted by atomic mass is 35.5. The third-order valence-electron chi connectivity index (χ3n) is 5.21. The van der Waals surface area contributed by atoms with E-state index < -0.39 is 5.41 Å². The van der Waals surface area contributed by atoms with Crippen LogP contribution in [0.1, 0.15) is 38.2 Å². The lowest BCUT2D eigenvalue weighted by atomic mass is 9.89. The minimum absolute atomic E-state index is 0.156. The van der Waals surface area contributed by atoms with Crippen LogP contribution in [0.5, 0.6) is 0 Å². The van der Waals surface area contributed by atoms with Gasteiger partial charge in [0.1, 0.15) is 0 Å². The Morgan fingerprint density at radius 3 is 2.18 bits per heavy atom. The van der Waals surface area contributed by atoms with Crippen molar-refractivity contribution in [2.45, 2.75) is 27.7 Å². The van der Waals surface area contributed by atoms with Crippen LogP contribution in [0.4, 0.5) is 5.69 Å². The summed E-state index contributed by atoms with van der Waals surface area (Å²) in [4.78, 5) is 30.0. The zero-order chi connectivity index (χ0) is 24.8. The smallest absolute Gasteiger partial charge is 0.229 e. The zero-order valence-corrected chi connectivity index (χ0v) is 21.2. The molecule has 0 aliphatic carbocycles. The molecule has 4 rings (SSSR count). The molecule has 0 unspecified atom stereocenters. The molecular weight excluding hydrogens is 495 g/mol. The molecule has 0 aliphatic heterocycles. The summed E-state index contributed by atoms with van der Waals surface area (Å²) in [6, 6.07) is 13.8. The Balaban J connectivity index is 2.13. The van der Waals surface area contributed by atoms with Crippen LogP contribution >= 0.6 is 34.8 Å². The monoisotopic (exact) mass is 514 g/mol. The van der Waals surface area contributed by atoms with Gasteiger partial charge in [-0.15, -0.1) is 0 Å². The molecule has 0 saturated carbocycles. The second kappa shape index (κ2) is 9.06. The van der Waals surface area contributed by atoms with Crippen molar-refractivity contribution in [2.24, 2.45) is 5.41 Å². The predicted octanol–water partition coefficient (Wildman–Crippen LogP) is 8.31. The van der Waals surface area contributed by atoms with Gasteiger partial charge in [0.25, 0.3) is 0 Å². The maximum atomic E-state index is 12.9. The van der Waals surface area contributed by atoms with Crippen molar-refractivity contribution in [2.75, 3.05) is 5.32 Å². The maximum Gasteiger partial charge on any atom is 0.229 e. The highest BCUT2D eigenvalue weighted by molar-refractivity contribution is 6.36. The Hall–Kier alpha value is -2.86. The molecule has 0 atom stereocenters. The van der Waals surface area contributed by atoms with Crippen molar-refractivity contribution in [3.8, 4) is 22.4 Å². The number of amides is 1. The number of anilines is 1. The number of aromatic nitrogens is 1. The molecule has 34 heavy (non-hydrogen) atoms. The van der Waals surface area contributed by atoms with Gasteiger partial charge >= 0.3 is 0 Å². The van der Waals surface area contributed by atoms with Crippen molar-refractivity contribution in [1.29, 1.82) is 0 Å². The number of hydrogen-bond acceptors (Lipinski definition) is 4. The fraction of sp³-hybridized carbons (Fsp3) is 0.192. The van der Waals surface area contributed by atoms with E-state index in [1.807, 2.05) is 32.9 Å². The van der Waals surface area contributed by atoms with Crippen LogP contribution in [-0.4, -0.2) is 16.7 Å². The van der Waals surface area contributed by atoms with Crippen LogP contribution in [-0.2, 0) is 4.79 Å². The number of pyridine rings is 1. The van der Waals surface area contributed by atoms with E-state index in [1.165, 1.54) is 6.92 Å². The van der Waals surface area contributed by atoms with Gasteiger partial charge in [0.05, 0.1) is 21.8 Å². The summed E-state index contributed by atoms with van der Waals surface area (Å²) in [5.74, 6) is -0.317. The number of carbonyl (C=O) groups is 2. The number of Topliss-reactive ketones (excluding diaryl/α,β-unsaturated/α-hetero) is 1. The quantitative estimate of drug-likeness (QED) is 0.277. The van der Waals surface area contributed by atoms with Gasteiger partial charge in [0.2, 0.25) is 17.4 Å². The molecular formula is C26H21Cl3N2O3. The van der Waals surface area contributed by atoms with Gasteiger partial charge in [-0.1, -0.05) is 67.7 Å². The molecule has 0 saturated heterocycles. The third kappa shape index (κ3) is 4.69. The number of furan rings is 1. The number of benzene rings is 2. The number of nitrogens with one attached hydrogen (secondary N) is 1. The van der Waals surface area contributed by atoms with Crippen LogP contribution in [0.15, 0.2) is 52.9 Å². The average molecular weight is 516 g/mol. The van der Waals surface area contributed by atoms with Crippen LogP contribution in [0, 0.1) is 5.41 Å². The lowest BCUT2D eigenvalue weighted by molar-refractivity contribution is -0.114. The normalized spacial score (nSPS) is 11.6. The molecule has 0 fully saturated rings. The minimum Gasteiger partial charge on any atom is -0.434 e. The molecule has 2 aromatic carbocycles. The van der Waals surface area contributed by atoms with Gasteiger partial charge in [-0.2, -0.15) is 0 Å². The number of rotatable bonds is 4. The lowest BCUT2D eigenvalue weighted by Gasteiger charge is -2.17. The number of ketones is 1. The van der Waals surface area contributed by atoms with E-state index in [2.05, 4.69) is 5.32 Å². The van der Waals surface area contributed by atoms with Crippen LogP contribution in [0.2, 0.25) is 15.1 Å². The molecule has 2 aromatic heterocycles. The van der Waals surface area contributed by atoms with E-state index in [-0.39, 0.29) is 23.2 Å². The number of carbonyl (C=O) groups excluding carboxylic acids is 2. The van der Waals surface area contributed by atoms with Crippen LogP contribution in [0.3, 0.4) is 0 Å². The van der Waals surface area contributed by atoms with E-state index in [4.69, 9.17) is 44.2 Å². The molecule has 8 heteroatoms. The SMILES string of the molecule is CC(=O)Nc1c(-c2ccc(Cl)cc2)c(-c2ccc(Cl)cc2Cl)nc2oc(C(=O)C(C)(C)C)cc12. The third-order valence-corrected chi connectivity index (χ3v) is 6.01. The Morgan fingerprint density at radius 1 is 0.941 bits per heavy atom. The van der Waals surface area contributed by atoms with Gasteiger partial charge in [-0.25, -0.2) is 4.98 Å². The van der Waals surface area contributed by atoms with Gasteiger partial charge < -0.3 is 9.73 Å². The molecule has 1 N–H and O–H groups in total. The molecule has 4 aromatic rings. The zero-order valence-electron chi connectivity index (χ0n) is 18.9. The van der Waals surface area contributed by atoms with Gasteiger partial charge in [-0.3, -0.25) is 9.59 Å². The molecule has 174 valence electrons. The summed E-state index contributed by atoms with van der Waals surface area (Å²) in [6.07, 6.45) is 0. The number of halogens is 3. The van der Waals surface area contributed by atoms with E-state index in [0.29, 0.717) is 43.0 Å². The first kappa shape index (κ1) is 24.3. The fourth-order valence-electron chi connectivity index (χ4n) is 3.62. The molecule has 0 radical (unpaired) electrons. The van der Waals surface area contributed by atoms with Gasteiger partial charge in [-0.05, 0) is 42.0 Å². The lowest BCUT2D eigenvalue weighted by Crippen LogP contribution is -2.19. The molecule has 5 nitrogen and oxygen atoms in total. The summed E-state index contributed by atoms with van der Waals surface area (Å²) in [6.45, 7) is 6.84. The van der Waals surface area contributed by atoms with Crippen LogP contribution in [0.25, 0.3) is 33.5 Å². The average Bonchev–Trinajstić information content (AvgIpc) is 3.17. The summed E-state index contributed by atoms with van der Waals surface area (Å²) < 4.78 is 5.91. The maximum absolute atomic E-state index is 12.9. The molecule has 1 amide bonds. The fourth-order valence-corrected chi connectivity index (χ4v) is 4.24. The van der Waals surface area contributed by atoms with E-state index in [1.54, 1.807) is 36.4 Å². The highest BCUT2D eigenvalue weighted by Gasteiger charge is 2.29. The van der Waals surface area contributed by atoms with Gasteiger partial charge in [0.15, 0.2) is 5.76 Å². The minimum atomic E-state index is -0.663. The second-order valence-electron chi connectivity index (χ2n) is 8.93. The van der Waals surface area contributed by atoms with Crippen molar-refractivity contribution in [3.63, 3.8) is 0 Å². The van der Waals surface area contributed by atoms with E-state index >= 15 is 0 Å². The summed E-state index contributed by atoms with van der Waals surface area (Å²) in [7, 11) is 0. The molecule has 0 aliphatic rings. The first-order valence-electron chi connectivity index (χ1n) is 10.5. The van der Waals surface area contributed by atoms with Crippen molar-refractivity contribution in [1.82, 2.24) is 4.98 Å².